The van der Waals surface area contributed by atoms with Crippen LogP contribution in [0, 0.1) is 0 Å². The van der Waals surface area contributed by atoms with Gasteiger partial charge >= 0.3 is 0 Å². The van der Waals surface area contributed by atoms with Crippen molar-refractivity contribution in [2.75, 3.05) is 26.3 Å². The van der Waals surface area contributed by atoms with Crippen LogP contribution in [-0.2, 0) is 4.74 Å². The average Bonchev–Trinajstić information content (AvgIpc) is 3.04. The molecule has 144 valence electrons. The maximum atomic E-state index is 11.5. The average molecular weight is 373 g/mol. The molecule has 0 aliphatic carbocycles. The summed E-state index contributed by atoms with van der Waals surface area (Å²) >= 11 is 0. The van der Waals surface area contributed by atoms with Gasteiger partial charge in [0.05, 0.1) is 12.2 Å². The van der Waals surface area contributed by atoms with Crippen LogP contribution in [-0.4, -0.2) is 61.5 Å². The zero-order valence-electron chi connectivity index (χ0n) is 15.1. The van der Waals surface area contributed by atoms with Gasteiger partial charge in [0.2, 0.25) is 6.41 Å². The minimum Gasteiger partial charge on any atom is -0.485 e. The first kappa shape index (κ1) is 19.1. The summed E-state index contributed by atoms with van der Waals surface area (Å²) in [5.41, 5.74) is 7.43. The summed E-state index contributed by atoms with van der Waals surface area (Å²) in [7, 11) is 0. The first-order chi connectivity index (χ1) is 13.0. The van der Waals surface area contributed by atoms with E-state index in [0.29, 0.717) is 31.2 Å². The Morgan fingerprint density at radius 2 is 2.33 bits per heavy atom. The molecule has 0 radical (unpaired) electrons. The Bertz CT molecular complexity index is 790. The van der Waals surface area contributed by atoms with Crippen molar-refractivity contribution in [2.24, 2.45) is 10.7 Å². The Kier molecular flexibility index (Phi) is 5.90. The number of primary amides is 1. The van der Waals surface area contributed by atoms with Gasteiger partial charge in [-0.3, -0.25) is 9.79 Å². The third-order valence-electron chi connectivity index (χ3n) is 4.33. The Morgan fingerprint density at radius 3 is 3.00 bits per heavy atom. The number of para-hydroxylation sites is 1. The van der Waals surface area contributed by atoms with E-state index in [0.717, 1.165) is 11.1 Å². The first-order valence-corrected chi connectivity index (χ1v) is 8.58. The van der Waals surface area contributed by atoms with E-state index in [9.17, 15) is 9.90 Å². The molecule has 8 heteroatoms. The molecule has 0 bridgehead atoms. The standard InChI is InChI=1S/C19H23N3O5/c1-12(10-22-6-7-25-19(22)24)8-13(9-21-2)16-11-26-17-14(18(20)23)4-3-5-15(17)27-16/h3-5,8-9,16,19,24H,2,6-7,10-11H2,1H3,(H2,20,23)/b12-8+,13-9+. The molecule has 2 aliphatic heterocycles. The van der Waals surface area contributed by atoms with Gasteiger partial charge in [-0.1, -0.05) is 17.7 Å². The SMILES string of the molecule is C=N/C=C(\C=C(/C)CN1CCOC1O)C1COc2c(cccc2C(N)=O)O1. The van der Waals surface area contributed by atoms with Crippen LogP contribution in [0.2, 0.25) is 0 Å². The monoisotopic (exact) mass is 373 g/mol. The molecule has 2 atom stereocenters. The number of carbonyl (C=O) groups is 1. The molecule has 1 amide bonds. The molecule has 8 nitrogen and oxygen atoms in total. The van der Waals surface area contributed by atoms with Crippen LogP contribution >= 0.6 is 0 Å². The predicted octanol–water partition coefficient (Wildman–Crippen LogP) is 1.06. The van der Waals surface area contributed by atoms with E-state index in [-0.39, 0.29) is 12.2 Å². The molecule has 0 saturated carbocycles. The molecule has 1 fully saturated rings. The Labute approximate surface area is 157 Å². The number of ether oxygens (including phenoxy) is 3. The summed E-state index contributed by atoms with van der Waals surface area (Å²) in [6, 6.07) is 5.01. The van der Waals surface area contributed by atoms with Gasteiger partial charge in [-0.2, -0.15) is 0 Å². The van der Waals surface area contributed by atoms with Crippen LogP contribution in [0.15, 0.2) is 46.6 Å². The van der Waals surface area contributed by atoms with Gasteiger partial charge < -0.3 is 25.1 Å². The van der Waals surface area contributed by atoms with Crippen molar-refractivity contribution in [1.82, 2.24) is 4.90 Å². The Morgan fingerprint density at radius 1 is 1.52 bits per heavy atom. The lowest BCUT2D eigenvalue weighted by Gasteiger charge is -2.28. The van der Waals surface area contributed by atoms with Gasteiger partial charge in [0, 0.05) is 24.9 Å². The number of hydrogen-bond donors (Lipinski definition) is 2. The number of aliphatic hydroxyl groups is 1. The smallest absolute Gasteiger partial charge is 0.252 e. The summed E-state index contributed by atoms with van der Waals surface area (Å²) in [4.78, 5) is 17.2. The van der Waals surface area contributed by atoms with Gasteiger partial charge in [-0.15, -0.1) is 0 Å². The maximum absolute atomic E-state index is 11.5. The van der Waals surface area contributed by atoms with Gasteiger partial charge in [-0.05, 0) is 25.8 Å². The van der Waals surface area contributed by atoms with Crippen molar-refractivity contribution in [3.8, 4) is 11.5 Å². The van der Waals surface area contributed by atoms with E-state index < -0.39 is 18.4 Å². The summed E-state index contributed by atoms with van der Waals surface area (Å²) in [5.74, 6) is 0.233. The normalized spacial score (nSPS) is 23.3. The van der Waals surface area contributed by atoms with E-state index in [1.165, 1.54) is 0 Å². The van der Waals surface area contributed by atoms with Gasteiger partial charge in [-0.25, -0.2) is 4.90 Å². The van der Waals surface area contributed by atoms with Crippen molar-refractivity contribution in [2.45, 2.75) is 19.4 Å². The van der Waals surface area contributed by atoms with Crippen molar-refractivity contribution < 1.29 is 24.1 Å². The number of rotatable bonds is 6. The fourth-order valence-corrected chi connectivity index (χ4v) is 3.08. The van der Waals surface area contributed by atoms with Crippen molar-refractivity contribution in [3.05, 3.63) is 47.2 Å². The van der Waals surface area contributed by atoms with Gasteiger partial charge in [0.1, 0.15) is 6.61 Å². The predicted molar refractivity (Wildman–Crippen MR) is 99.8 cm³/mol. The molecule has 0 spiro atoms. The molecule has 27 heavy (non-hydrogen) atoms. The number of nitrogens with two attached hydrogens (primary N) is 1. The van der Waals surface area contributed by atoms with Gasteiger partial charge in [0.15, 0.2) is 17.6 Å². The number of fused-ring (bicyclic) bond motifs is 1. The largest absolute Gasteiger partial charge is 0.485 e. The molecular formula is C19H23N3O5. The number of amides is 1. The topological polar surface area (TPSA) is 107 Å². The molecule has 1 saturated heterocycles. The van der Waals surface area contributed by atoms with Crippen molar-refractivity contribution >= 4 is 12.6 Å². The highest BCUT2D eigenvalue weighted by Crippen LogP contribution is 2.36. The molecule has 3 N–H and O–H groups in total. The number of aliphatic hydroxyl groups excluding tert-OH is 1. The summed E-state index contributed by atoms with van der Waals surface area (Å²) < 4.78 is 16.9. The van der Waals surface area contributed by atoms with E-state index >= 15 is 0 Å². The highest BCUT2D eigenvalue weighted by molar-refractivity contribution is 5.96. The fraction of sp³-hybridized carbons (Fsp3) is 0.368. The summed E-state index contributed by atoms with van der Waals surface area (Å²) in [6.07, 6.45) is 2.24. The summed E-state index contributed by atoms with van der Waals surface area (Å²) in [5, 5.41) is 9.75. The zero-order chi connectivity index (χ0) is 19.4. The zero-order valence-corrected chi connectivity index (χ0v) is 15.1. The van der Waals surface area contributed by atoms with Crippen LogP contribution in [0.1, 0.15) is 17.3 Å². The number of nitrogens with zero attached hydrogens (tertiary/aromatic N) is 2. The second-order valence-corrected chi connectivity index (χ2v) is 6.38. The molecule has 3 rings (SSSR count). The molecular weight excluding hydrogens is 350 g/mol. The first-order valence-electron chi connectivity index (χ1n) is 8.58. The van der Waals surface area contributed by atoms with Crippen molar-refractivity contribution in [3.63, 3.8) is 0 Å². The van der Waals surface area contributed by atoms with Crippen LogP contribution in [0.4, 0.5) is 0 Å². The Hall–Kier alpha value is -2.68. The number of aliphatic imine (C=N–C) groups is 1. The number of hydrogen-bond acceptors (Lipinski definition) is 7. The lowest BCUT2D eigenvalue weighted by molar-refractivity contribution is -0.130. The van der Waals surface area contributed by atoms with E-state index in [1.807, 2.05) is 17.9 Å². The minimum atomic E-state index is -0.883. The highest BCUT2D eigenvalue weighted by Gasteiger charge is 2.27. The van der Waals surface area contributed by atoms with Gasteiger partial charge in [0.25, 0.3) is 5.91 Å². The molecule has 2 aliphatic rings. The fourth-order valence-electron chi connectivity index (χ4n) is 3.08. The van der Waals surface area contributed by atoms with Crippen LogP contribution < -0.4 is 15.2 Å². The summed E-state index contributed by atoms with van der Waals surface area (Å²) in [6.45, 7) is 7.39. The lowest BCUT2D eigenvalue weighted by Crippen LogP contribution is -2.33. The van der Waals surface area contributed by atoms with Crippen molar-refractivity contribution in [1.29, 1.82) is 0 Å². The second kappa shape index (κ2) is 8.34. The van der Waals surface area contributed by atoms with E-state index in [2.05, 4.69) is 11.7 Å². The molecule has 1 aromatic rings. The van der Waals surface area contributed by atoms with E-state index in [1.54, 1.807) is 24.4 Å². The molecule has 1 aromatic carbocycles. The van der Waals surface area contributed by atoms with E-state index in [4.69, 9.17) is 19.9 Å². The molecule has 0 aromatic heterocycles. The quantitative estimate of drug-likeness (QED) is 0.571. The minimum absolute atomic E-state index is 0.206. The number of benzene rings is 1. The van der Waals surface area contributed by atoms with Crippen LogP contribution in [0.3, 0.4) is 0 Å². The highest BCUT2D eigenvalue weighted by atomic mass is 16.6. The second-order valence-electron chi connectivity index (χ2n) is 6.38. The van der Waals surface area contributed by atoms with Crippen LogP contribution in [0.25, 0.3) is 0 Å². The molecule has 2 unspecified atom stereocenters. The lowest BCUT2D eigenvalue weighted by atomic mass is 10.1. The maximum Gasteiger partial charge on any atom is 0.252 e. The van der Waals surface area contributed by atoms with Crippen LogP contribution in [0.5, 0.6) is 11.5 Å². The third-order valence-corrected chi connectivity index (χ3v) is 4.33. The molecule has 2 heterocycles. The third kappa shape index (κ3) is 4.36. The number of carbonyl (C=O) groups excluding carboxylic acids is 1. The Balaban J connectivity index is 1.77.